The first kappa shape index (κ1) is 16.2. The van der Waals surface area contributed by atoms with E-state index in [9.17, 15) is 4.79 Å². The molecule has 1 heterocycles. The minimum absolute atomic E-state index is 0.0415. The molecule has 0 radical (unpaired) electrons. The Kier molecular flexibility index (Phi) is 5.94. The van der Waals surface area contributed by atoms with Crippen molar-refractivity contribution in [2.24, 2.45) is 0 Å². The molecule has 2 N–H and O–H groups in total. The summed E-state index contributed by atoms with van der Waals surface area (Å²) in [5, 5.41) is 6.17. The van der Waals surface area contributed by atoms with Crippen molar-refractivity contribution >= 4 is 17.7 Å². The van der Waals surface area contributed by atoms with Gasteiger partial charge in [-0.1, -0.05) is 26.0 Å². The lowest BCUT2D eigenvalue weighted by Gasteiger charge is -2.14. The molecule has 1 aromatic carbocycles. The van der Waals surface area contributed by atoms with Crippen LogP contribution in [0.3, 0.4) is 0 Å². The summed E-state index contributed by atoms with van der Waals surface area (Å²) in [6, 6.07) is 6.29. The molecule has 1 fully saturated rings. The highest BCUT2D eigenvalue weighted by Crippen LogP contribution is 2.24. The third kappa shape index (κ3) is 4.38. The molecule has 21 heavy (non-hydrogen) atoms. The van der Waals surface area contributed by atoms with Crippen LogP contribution in [-0.2, 0) is 11.2 Å². The average molecular weight is 308 g/mol. The average Bonchev–Trinajstić information content (AvgIpc) is 3.01. The zero-order valence-electron chi connectivity index (χ0n) is 12.9. The van der Waals surface area contributed by atoms with Crippen LogP contribution in [0.25, 0.3) is 0 Å². The van der Waals surface area contributed by atoms with Gasteiger partial charge in [0.15, 0.2) is 0 Å². The summed E-state index contributed by atoms with van der Waals surface area (Å²) in [5.41, 5.74) is 2.41. The number of hydrogen-bond acceptors (Lipinski definition) is 4. The lowest BCUT2D eigenvalue weighted by Crippen LogP contribution is -2.42. The van der Waals surface area contributed by atoms with Crippen molar-refractivity contribution in [3.05, 3.63) is 29.3 Å². The monoisotopic (exact) mass is 308 g/mol. The Labute approximate surface area is 131 Å². The number of rotatable bonds is 6. The maximum Gasteiger partial charge on any atom is 0.238 e. The molecule has 0 aliphatic carbocycles. The van der Waals surface area contributed by atoms with E-state index >= 15 is 0 Å². The van der Waals surface area contributed by atoms with Gasteiger partial charge in [0.25, 0.3) is 0 Å². The van der Waals surface area contributed by atoms with Crippen molar-refractivity contribution in [2.75, 3.05) is 25.3 Å². The minimum Gasteiger partial charge on any atom is -0.496 e. The first-order chi connectivity index (χ1) is 10.1. The van der Waals surface area contributed by atoms with Gasteiger partial charge < -0.3 is 10.1 Å². The first-order valence-electron chi connectivity index (χ1n) is 7.37. The summed E-state index contributed by atoms with van der Waals surface area (Å²) < 4.78 is 5.47. The molecule has 1 saturated heterocycles. The normalized spacial score (nSPS) is 18.0. The Morgan fingerprint density at radius 3 is 2.95 bits per heavy atom. The molecule has 2 rings (SSSR count). The van der Waals surface area contributed by atoms with Crippen LogP contribution in [0.5, 0.6) is 5.75 Å². The number of carbonyl (C=O) groups excluding carboxylic acids is 1. The van der Waals surface area contributed by atoms with Gasteiger partial charge in [-0.3, -0.25) is 10.1 Å². The molecule has 0 aromatic heterocycles. The SMILES string of the molecule is COc1cc(C(C)C)ccc1CCNC(=O)C1CSCN1. The van der Waals surface area contributed by atoms with E-state index in [0.29, 0.717) is 12.5 Å². The van der Waals surface area contributed by atoms with Crippen molar-refractivity contribution in [3.63, 3.8) is 0 Å². The van der Waals surface area contributed by atoms with E-state index in [0.717, 1.165) is 29.4 Å². The Morgan fingerprint density at radius 1 is 1.52 bits per heavy atom. The molecule has 1 aliphatic heterocycles. The highest BCUT2D eigenvalue weighted by Gasteiger charge is 2.21. The van der Waals surface area contributed by atoms with Gasteiger partial charge in [0.1, 0.15) is 5.75 Å². The molecule has 1 aliphatic rings. The Bertz CT molecular complexity index is 485. The van der Waals surface area contributed by atoms with Gasteiger partial charge in [0, 0.05) is 18.2 Å². The van der Waals surface area contributed by atoms with Gasteiger partial charge in [-0.15, -0.1) is 11.8 Å². The van der Waals surface area contributed by atoms with Gasteiger partial charge >= 0.3 is 0 Å². The van der Waals surface area contributed by atoms with Crippen LogP contribution in [-0.4, -0.2) is 37.2 Å². The van der Waals surface area contributed by atoms with E-state index in [4.69, 9.17) is 4.74 Å². The highest BCUT2D eigenvalue weighted by atomic mass is 32.2. The molecule has 1 aromatic rings. The van der Waals surface area contributed by atoms with E-state index in [1.807, 2.05) is 0 Å². The number of thioether (sulfide) groups is 1. The molecule has 116 valence electrons. The van der Waals surface area contributed by atoms with Gasteiger partial charge in [-0.25, -0.2) is 0 Å². The van der Waals surface area contributed by atoms with Crippen LogP contribution < -0.4 is 15.4 Å². The highest BCUT2D eigenvalue weighted by molar-refractivity contribution is 7.99. The largest absolute Gasteiger partial charge is 0.496 e. The fraction of sp³-hybridized carbons (Fsp3) is 0.562. The third-order valence-electron chi connectivity index (χ3n) is 3.70. The summed E-state index contributed by atoms with van der Waals surface area (Å²) in [6.45, 7) is 4.97. The van der Waals surface area contributed by atoms with Crippen LogP contribution >= 0.6 is 11.8 Å². The van der Waals surface area contributed by atoms with Crippen molar-refractivity contribution < 1.29 is 9.53 Å². The van der Waals surface area contributed by atoms with Crippen LogP contribution in [0.4, 0.5) is 0 Å². The van der Waals surface area contributed by atoms with Crippen molar-refractivity contribution in [2.45, 2.75) is 32.2 Å². The second-order valence-electron chi connectivity index (χ2n) is 5.54. The maximum atomic E-state index is 11.9. The van der Waals surface area contributed by atoms with E-state index in [-0.39, 0.29) is 11.9 Å². The molecular weight excluding hydrogens is 284 g/mol. The summed E-state index contributed by atoms with van der Waals surface area (Å²) in [5.74, 6) is 3.21. The Morgan fingerprint density at radius 2 is 2.33 bits per heavy atom. The molecule has 4 nitrogen and oxygen atoms in total. The van der Waals surface area contributed by atoms with E-state index < -0.39 is 0 Å². The quantitative estimate of drug-likeness (QED) is 0.845. The summed E-state index contributed by atoms with van der Waals surface area (Å²) in [4.78, 5) is 11.9. The van der Waals surface area contributed by atoms with Gasteiger partial charge in [0.05, 0.1) is 13.2 Å². The summed E-state index contributed by atoms with van der Waals surface area (Å²) in [6.07, 6.45) is 0.785. The van der Waals surface area contributed by atoms with E-state index in [1.165, 1.54) is 5.56 Å². The van der Waals surface area contributed by atoms with Gasteiger partial charge in [-0.05, 0) is 29.5 Å². The standard InChI is InChI=1S/C16H24N2O2S/c1-11(2)13-5-4-12(15(8-13)20-3)6-7-17-16(19)14-9-21-10-18-14/h4-5,8,11,14,18H,6-7,9-10H2,1-3H3,(H,17,19). The number of carbonyl (C=O) groups is 1. The Hall–Kier alpha value is -1.20. The molecule has 5 heteroatoms. The minimum atomic E-state index is -0.0415. The predicted molar refractivity (Wildman–Crippen MR) is 88.0 cm³/mol. The smallest absolute Gasteiger partial charge is 0.238 e. The lowest BCUT2D eigenvalue weighted by atomic mass is 10.00. The van der Waals surface area contributed by atoms with Crippen molar-refractivity contribution in [1.82, 2.24) is 10.6 Å². The van der Waals surface area contributed by atoms with Gasteiger partial charge in [-0.2, -0.15) is 0 Å². The molecule has 1 atom stereocenters. The van der Waals surface area contributed by atoms with Crippen molar-refractivity contribution in [3.8, 4) is 5.75 Å². The summed E-state index contributed by atoms with van der Waals surface area (Å²) >= 11 is 1.76. The Balaban J connectivity index is 1.89. The summed E-state index contributed by atoms with van der Waals surface area (Å²) in [7, 11) is 1.70. The number of benzene rings is 1. The second-order valence-corrected chi connectivity index (χ2v) is 6.57. The molecule has 1 unspecified atom stereocenters. The number of methoxy groups -OCH3 is 1. The third-order valence-corrected chi connectivity index (χ3v) is 4.64. The predicted octanol–water partition coefficient (Wildman–Crippen LogP) is 2.14. The molecule has 1 amide bonds. The number of nitrogens with one attached hydrogen (secondary N) is 2. The van der Waals surface area contributed by atoms with Crippen LogP contribution in [0.2, 0.25) is 0 Å². The number of hydrogen-bond donors (Lipinski definition) is 2. The number of ether oxygens (including phenoxy) is 1. The van der Waals surface area contributed by atoms with Crippen LogP contribution in [0, 0.1) is 0 Å². The molecule has 0 saturated carbocycles. The van der Waals surface area contributed by atoms with Gasteiger partial charge in [0.2, 0.25) is 5.91 Å². The molecule has 0 bridgehead atoms. The topological polar surface area (TPSA) is 50.4 Å². The zero-order valence-corrected chi connectivity index (χ0v) is 13.8. The van der Waals surface area contributed by atoms with E-state index in [1.54, 1.807) is 18.9 Å². The molecule has 0 spiro atoms. The van der Waals surface area contributed by atoms with E-state index in [2.05, 4.69) is 42.7 Å². The zero-order chi connectivity index (χ0) is 15.2. The lowest BCUT2D eigenvalue weighted by molar-refractivity contribution is -0.122. The fourth-order valence-electron chi connectivity index (χ4n) is 2.33. The second kappa shape index (κ2) is 7.71. The first-order valence-corrected chi connectivity index (χ1v) is 8.53. The van der Waals surface area contributed by atoms with Crippen molar-refractivity contribution in [1.29, 1.82) is 0 Å². The molecular formula is C16H24N2O2S. The fourth-order valence-corrected chi connectivity index (χ4v) is 3.28. The maximum absolute atomic E-state index is 11.9. The number of amides is 1. The van der Waals surface area contributed by atoms with Crippen LogP contribution in [0.15, 0.2) is 18.2 Å². The van der Waals surface area contributed by atoms with Crippen LogP contribution in [0.1, 0.15) is 30.9 Å².